The predicted molar refractivity (Wildman–Crippen MR) is 131 cm³/mol. The maximum absolute atomic E-state index is 13.0. The number of nitrogens with zero attached hydrogens (tertiary/aromatic N) is 4. The van der Waals surface area contributed by atoms with Crippen molar-refractivity contribution in [2.24, 2.45) is 0 Å². The number of para-hydroxylation sites is 2. The Balaban J connectivity index is 1.42. The third-order valence-electron chi connectivity index (χ3n) is 5.63. The first kappa shape index (κ1) is 21.4. The van der Waals surface area contributed by atoms with Crippen molar-refractivity contribution in [3.8, 4) is 0 Å². The summed E-state index contributed by atoms with van der Waals surface area (Å²) in [6.45, 7) is 0.979. The largest absolute Gasteiger partial charge is 0.356 e. The Morgan fingerprint density at radius 1 is 0.758 bits per heavy atom. The van der Waals surface area contributed by atoms with E-state index in [1.165, 1.54) is 4.68 Å². The quantitative estimate of drug-likeness (QED) is 0.333. The molecule has 8 heteroatoms. The summed E-state index contributed by atoms with van der Waals surface area (Å²) in [7, 11) is 0. The molecule has 0 saturated heterocycles. The SMILES string of the molecule is O=c1c(Br)nn(CCn2c3ccccc3c3ccccc32)c(=O)n1COCc1ccccc1. The van der Waals surface area contributed by atoms with Crippen LogP contribution in [0.4, 0.5) is 0 Å². The molecule has 5 rings (SSSR count). The van der Waals surface area contributed by atoms with Gasteiger partial charge in [-0.2, -0.15) is 5.10 Å². The van der Waals surface area contributed by atoms with E-state index in [1.54, 1.807) is 0 Å². The highest BCUT2D eigenvalue weighted by atomic mass is 79.9. The van der Waals surface area contributed by atoms with Crippen LogP contribution in [0.5, 0.6) is 0 Å². The minimum atomic E-state index is -0.513. The van der Waals surface area contributed by atoms with E-state index in [-0.39, 0.29) is 11.3 Å². The van der Waals surface area contributed by atoms with Gasteiger partial charge in [0.1, 0.15) is 6.73 Å². The lowest BCUT2D eigenvalue weighted by atomic mass is 10.2. The molecule has 0 fully saturated rings. The summed E-state index contributed by atoms with van der Waals surface area (Å²) in [4.78, 5) is 25.5. The van der Waals surface area contributed by atoms with Gasteiger partial charge >= 0.3 is 5.69 Å². The first-order valence-corrected chi connectivity index (χ1v) is 11.4. The molecule has 7 nitrogen and oxygen atoms in total. The normalized spacial score (nSPS) is 11.4. The highest BCUT2D eigenvalue weighted by molar-refractivity contribution is 9.10. The summed E-state index contributed by atoms with van der Waals surface area (Å²) in [5.74, 6) is 0. The zero-order chi connectivity index (χ0) is 22.8. The fourth-order valence-electron chi connectivity index (χ4n) is 4.06. The summed E-state index contributed by atoms with van der Waals surface area (Å²) in [6.07, 6.45) is 0. The lowest BCUT2D eigenvalue weighted by Crippen LogP contribution is -2.42. The molecule has 0 saturated carbocycles. The second-order valence-corrected chi connectivity index (χ2v) is 8.43. The zero-order valence-electron chi connectivity index (χ0n) is 17.7. The molecule has 2 aromatic heterocycles. The van der Waals surface area contributed by atoms with Gasteiger partial charge in [0.05, 0.1) is 13.2 Å². The molecule has 0 radical (unpaired) electrons. The molecule has 3 aromatic carbocycles. The van der Waals surface area contributed by atoms with Gasteiger partial charge in [0.15, 0.2) is 4.60 Å². The molecule has 0 bridgehead atoms. The van der Waals surface area contributed by atoms with Crippen molar-refractivity contribution >= 4 is 37.7 Å². The second-order valence-electron chi connectivity index (χ2n) is 7.68. The maximum atomic E-state index is 13.0. The predicted octanol–water partition coefficient (Wildman–Crippen LogP) is 4.15. The van der Waals surface area contributed by atoms with Crippen molar-refractivity contribution in [2.75, 3.05) is 0 Å². The van der Waals surface area contributed by atoms with E-state index in [4.69, 9.17) is 4.74 Å². The number of fused-ring (bicyclic) bond motifs is 3. The summed E-state index contributed by atoms with van der Waals surface area (Å²) in [5.41, 5.74) is 2.12. The molecular formula is C25H21BrN4O3. The molecule has 0 aliphatic rings. The molecule has 0 atom stereocenters. The molecule has 33 heavy (non-hydrogen) atoms. The van der Waals surface area contributed by atoms with Crippen LogP contribution in [0, 0.1) is 0 Å². The Labute approximate surface area is 197 Å². The van der Waals surface area contributed by atoms with Crippen LogP contribution in [0.15, 0.2) is 93.1 Å². The van der Waals surface area contributed by atoms with Crippen LogP contribution in [0.25, 0.3) is 21.8 Å². The summed E-state index contributed by atoms with van der Waals surface area (Å²) >= 11 is 3.20. The first-order valence-electron chi connectivity index (χ1n) is 10.6. The average Bonchev–Trinajstić information content (AvgIpc) is 3.17. The van der Waals surface area contributed by atoms with E-state index in [2.05, 4.69) is 49.9 Å². The summed E-state index contributed by atoms with van der Waals surface area (Å²) in [5, 5.41) is 6.50. The Morgan fingerprint density at radius 3 is 2.03 bits per heavy atom. The third-order valence-corrected chi connectivity index (χ3v) is 6.13. The van der Waals surface area contributed by atoms with E-state index in [0.717, 1.165) is 31.9 Å². The van der Waals surface area contributed by atoms with Crippen molar-refractivity contribution in [1.29, 1.82) is 0 Å². The monoisotopic (exact) mass is 504 g/mol. The van der Waals surface area contributed by atoms with Crippen LogP contribution in [-0.2, 0) is 31.2 Å². The fraction of sp³-hybridized carbons (Fsp3) is 0.160. The Morgan fingerprint density at radius 2 is 1.36 bits per heavy atom. The van der Waals surface area contributed by atoms with E-state index < -0.39 is 11.2 Å². The van der Waals surface area contributed by atoms with Crippen molar-refractivity contribution in [3.63, 3.8) is 0 Å². The van der Waals surface area contributed by atoms with Crippen LogP contribution in [0.2, 0.25) is 0 Å². The number of rotatable bonds is 7. The topological polar surface area (TPSA) is 71.0 Å². The summed E-state index contributed by atoms with van der Waals surface area (Å²) in [6, 6.07) is 26.0. The molecule has 0 unspecified atom stereocenters. The van der Waals surface area contributed by atoms with Crippen molar-refractivity contribution in [3.05, 3.63) is 110 Å². The molecule has 0 spiro atoms. The molecular weight excluding hydrogens is 484 g/mol. The van der Waals surface area contributed by atoms with Crippen molar-refractivity contribution in [2.45, 2.75) is 26.4 Å². The maximum Gasteiger partial charge on any atom is 0.349 e. The van der Waals surface area contributed by atoms with Crippen LogP contribution in [0.3, 0.4) is 0 Å². The highest BCUT2D eigenvalue weighted by Gasteiger charge is 2.14. The standard InChI is InChI=1S/C25H21BrN4O3/c26-23-24(31)29(17-33-16-18-8-2-1-3-9-18)25(32)30(27-23)15-14-28-21-12-6-4-10-19(21)20-11-5-7-13-22(20)28/h1-13H,14-17H2. The van der Waals surface area contributed by atoms with Gasteiger partial charge in [0.25, 0.3) is 5.56 Å². The van der Waals surface area contributed by atoms with E-state index in [0.29, 0.717) is 19.7 Å². The molecule has 0 N–H and O–H groups in total. The number of aryl methyl sites for hydroxylation is 2. The van der Waals surface area contributed by atoms with Crippen LogP contribution < -0.4 is 11.2 Å². The Bertz CT molecular complexity index is 1500. The van der Waals surface area contributed by atoms with Crippen LogP contribution in [0.1, 0.15) is 5.56 Å². The van der Waals surface area contributed by atoms with Crippen molar-refractivity contribution in [1.82, 2.24) is 18.9 Å². The van der Waals surface area contributed by atoms with Gasteiger partial charge in [0, 0.05) is 28.4 Å². The molecule has 2 heterocycles. The van der Waals surface area contributed by atoms with E-state index in [1.807, 2.05) is 54.6 Å². The smallest absolute Gasteiger partial charge is 0.349 e. The molecule has 0 amide bonds. The number of ether oxygens (including phenoxy) is 1. The van der Waals surface area contributed by atoms with Gasteiger partial charge in [0.2, 0.25) is 0 Å². The van der Waals surface area contributed by atoms with Crippen LogP contribution in [-0.4, -0.2) is 18.9 Å². The van der Waals surface area contributed by atoms with Gasteiger partial charge in [-0.05, 0) is 33.6 Å². The number of benzene rings is 3. The lowest BCUT2D eigenvalue weighted by molar-refractivity contribution is 0.0567. The summed E-state index contributed by atoms with van der Waals surface area (Å²) < 4.78 is 10.3. The number of halogens is 1. The first-order chi connectivity index (χ1) is 16.1. The van der Waals surface area contributed by atoms with E-state index >= 15 is 0 Å². The number of hydrogen-bond acceptors (Lipinski definition) is 4. The Kier molecular flexibility index (Phi) is 5.93. The number of hydrogen-bond donors (Lipinski definition) is 0. The van der Waals surface area contributed by atoms with E-state index in [9.17, 15) is 9.59 Å². The van der Waals surface area contributed by atoms with Gasteiger partial charge < -0.3 is 9.30 Å². The van der Waals surface area contributed by atoms with Gasteiger partial charge in [-0.25, -0.2) is 14.0 Å². The molecule has 0 aliphatic carbocycles. The molecule has 0 aliphatic heterocycles. The van der Waals surface area contributed by atoms with Gasteiger partial charge in [-0.3, -0.25) is 4.79 Å². The zero-order valence-corrected chi connectivity index (χ0v) is 19.3. The minimum absolute atomic E-state index is 0.0765. The third kappa shape index (κ3) is 4.15. The second kappa shape index (κ2) is 9.17. The number of aromatic nitrogens is 4. The van der Waals surface area contributed by atoms with Crippen LogP contribution >= 0.6 is 15.9 Å². The Hall–Kier alpha value is -3.49. The molecule has 166 valence electrons. The van der Waals surface area contributed by atoms with Gasteiger partial charge in [-0.15, -0.1) is 0 Å². The minimum Gasteiger partial charge on any atom is -0.356 e. The van der Waals surface area contributed by atoms with Crippen molar-refractivity contribution < 1.29 is 4.74 Å². The average molecular weight is 505 g/mol. The van der Waals surface area contributed by atoms with Gasteiger partial charge in [-0.1, -0.05) is 66.7 Å². The highest BCUT2D eigenvalue weighted by Crippen LogP contribution is 2.28. The molecule has 5 aromatic rings. The fourth-order valence-corrected chi connectivity index (χ4v) is 4.46. The lowest BCUT2D eigenvalue weighted by Gasteiger charge is -2.12.